The number of rotatable bonds is 4. The Labute approximate surface area is 99.8 Å². The average Bonchev–Trinajstić information content (AvgIpc) is 2.25. The van der Waals surface area contributed by atoms with Crippen LogP contribution in [-0.4, -0.2) is 41.5 Å². The fraction of sp³-hybridized carbons (Fsp3) is 0.500. The molecule has 0 aromatic carbocycles. The average molecular weight is 235 g/mol. The van der Waals surface area contributed by atoms with Crippen molar-refractivity contribution in [1.82, 2.24) is 15.2 Å². The number of H-pyrrole nitrogens is 1. The van der Waals surface area contributed by atoms with Crippen molar-refractivity contribution in [3.63, 3.8) is 0 Å². The molecule has 1 fully saturated rings. The number of nitrogens with zero attached hydrogens (tertiary/aromatic N) is 1. The summed E-state index contributed by atoms with van der Waals surface area (Å²) in [6, 6.07) is 4.92. The molecule has 0 radical (unpaired) electrons. The van der Waals surface area contributed by atoms with Gasteiger partial charge < -0.3 is 15.2 Å². The minimum absolute atomic E-state index is 0.0870. The van der Waals surface area contributed by atoms with Crippen LogP contribution in [0.2, 0.25) is 0 Å². The normalized spacial score (nSPS) is 15.4. The number of aromatic nitrogens is 1. The lowest BCUT2D eigenvalue weighted by Gasteiger charge is -2.38. The molecule has 0 unspecified atom stereocenters. The highest BCUT2D eigenvalue weighted by Gasteiger charge is 2.28. The van der Waals surface area contributed by atoms with Crippen LogP contribution in [0.3, 0.4) is 0 Å². The van der Waals surface area contributed by atoms with Gasteiger partial charge in [-0.3, -0.25) is 9.59 Å². The van der Waals surface area contributed by atoms with Crippen LogP contribution >= 0.6 is 0 Å². The van der Waals surface area contributed by atoms with Gasteiger partial charge in [0.2, 0.25) is 5.56 Å². The van der Waals surface area contributed by atoms with E-state index in [9.17, 15) is 9.59 Å². The molecule has 17 heavy (non-hydrogen) atoms. The number of aromatic amines is 1. The highest BCUT2D eigenvalue weighted by molar-refractivity contribution is 5.92. The Bertz CT molecular complexity index is 451. The molecule has 2 rings (SSSR count). The number of hydrogen-bond acceptors (Lipinski definition) is 3. The van der Waals surface area contributed by atoms with Gasteiger partial charge >= 0.3 is 0 Å². The van der Waals surface area contributed by atoms with Crippen LogP contribution in [0.25, 0.3) is 0 Å². The zero-order chi connectivity index (χ0) is 12.3. The molecule has 1 amide bonds. The van der Waals surface area contributed by atoms with E-state index in [4.69, 9.17) is 0 Å². The number of amides is 1. The predicted octanol–water partition coefficient (Wildman–Crippen LogP) is 0.199. The molecule has 2 N–H and O–H groups in total. The van der Waals surface area contributed by atoms with Crippen LogP contribution in [0.4, 0.5) is 0 Å². The molecular formula is C12H17N3O2. The van der Waals surface area contributed by atoms with E-state index in [1.807, 2.05) is 11.8 Å². The summed E-state index contributed by atoms with van der Waals surface area (Å²) in [5.74, 6) is -0.0870. The number of carbonyl (C=O) groups excluding carboxylic acids is 1. The van der Waals surface area contributed by atoms with Crippen LogP contribution < -0.4 is 10.9 Å². The Morgan fingerprint density at radius 3 is 2.76 bits per heavy atom. The minimum Gasteiger partial charge on any atom is -0.332 e. The molecule has 1 aromatic heterocycles. The SMILES string of the molecule is CCCN(C(=O)c1cccc(=O)[nH]1)C1CNC1. The lowest BCUT2D eigenvalue weighted by molar-refractivity contribution is 0.0609. The number of pyridine rings is 1. The second-order valence-electron chi connectivity index (χ2n) is 4.24. The molecule has 0 atom stereocenters. The van der Waals surface area contributed by atoms with Gasteiger partial charge in [0.1, 0.15) is 5.69 Å². The molecule has 0 bridgehead atoms. The van der Waals surface area contributed by atoms with E-state index in [1.54, 1.807) is 12.1 Å². The molecule has 1 aliphatic heterocycles. The van der Waals surface area contributed by atoms with Gasteiger partial charge in [0.15, 0.2) is 0 Å². The van der Waals surface area contributed by atoms with Crippen molar-refractivity contribution in [3.05, 3.63) is 34.2 Å². The maximum atomic E-state index is 12.2. The molecule has 5 nitrogen and oxygen atoms in total. The smallest absolute Gasteiger partial charge is 0.270 e. The lowest BCUT2D eigenvalue weighted by Crippen LogP contribution is -2.59. The second kappa shape index (κ2) is 5.14. The molecule has 0 spiro atoms. The van der Waals surface area contributed by atoms with E-state index >= 15 is 0 Å². The standard InChI is InChI=1S/C12H17N3O2/c1-2-6-15(9-7-13-8-9)12(17)10-4-3-5-11(16)14-10/h3-5,9,13H,2,6-8H2,1H3,(H,14,16). The Morgan fingerprint density at radius 1 is 1.47 bits per heavy atom. The van der Waals surface area contributed by atoms with Gasteiger partial charge in [0.05, 0.1) is 6.04 Å². The summed E-state index contributed by atoms with van der Waals surface area (Å²) in [5, 5.41) is 3.15. The van der Waals surface area contributed by atoms with Crippen molar-refractivity contribution in [2.45, 2.75) is 19.4 Å². The third-order valence-corrected chi connectivity index (χ3v) is 2.92. The first-order valence-corrected chi connectivity index (χ1v) is 5.93. The van der Waals surface area contributed by atoms with E-state index in [0.29, 0.717) is 5.69 Å². The molecule has 1 saturated heterocycles. The maximum absolute atomic E-state index is 12.2. The topological polar surface area (TPSA) is 65.2 Å². The van der Waals surface area contributed by atoms with Crippen molar-refractivity contribution < 1.29 is 4.79 Å². The van der Waals surface area contributed by atoms with Crippen molar-refractivity contribution in [2.24, 2.45) is 0 Å². The Kier molecular flexibility index (Phi) is 3.58. The van der Waals surface area contributed by atoms with Gasteiger partial charge in [-0.15, -0.1) is 0 Å². The number of nitrogens with one attached hydrogen (secondary N) is 2. The van der Waals surface area contributed by atoms with E-state index in [-0.39, 0.29) is 17.5 Å². The van der Waals surface area contributed by atoms with E-state index in [2.05, 4.69) is 10.3 Å². The fourth-order valence-electron chi connectivity index (χ4n) is 1.91. The van der Waals surface area contributed by atoms with Gasteiger partial charge in [-0.1, -0.05) is 13.0 Å². The van der Waals surface area contributed by atoms with Crippen molar-refractivity contribution in [2.75, 3.05) is 19.6 Å². The Balaban J connectivity index is 2.18. The highest BCUT2D eigenvalue weighted by Crippen LogP contribution is 2.10. The summed E-state index contributed by atoms with van der Waals surface area (Å²) in [6.45, 7) is 4.44. The third kappa shape index (κ3) is 2.55. The molecule has 5 heteroatoms. The fourth-order valence-corrected chi connectivity index (χ4v) is 1.91. The molecule has 2 heterocycles. The molecule has 1 aliphatic rings. The lowest BCUT2D eigenvalue weighted by atomic mass is 10.1. The first-order chi connectivity index (χ1) is 8.22. The van der Waals surface area contributed by atoms with Gasteiger partial charge in [-0.2, -0.15) is 0 Å². The zero-order valence-corrected chi connectivity index (χ0v) is 9.90. The summed E-state index contributed by atoms with van der Waals surface area (Å²) >= 11 is 0. The van der Waals surface area contributed by atoms with Crippen molar-refractivity contribution >= 4 is 5.91 Å². The predicted molar refractivity (Wildman–Crippen MR) is 65.0 cm³/mol. The largest absolute Gasteiger partial charge is 0.332 e. The summed E-state index contributed by atoms with van der Waals surface area (Å²) in [4.78, 5) is 27.9. The van der Waals surface area contributed by atoms with Gasteiger partial charge in [0.25, 0.3) is 5.91 Å². The second-order valence-corrected chi connectivity index (χ2v) is 4.24. The zero-order valence-electron chi connectivity index (χ0n) is 9.90. The van der Waals surface area contributed by atoms with Crippen LogP contribution in [0.1, 0.15) is 23.8 Å². The maximum Gasteiger partial charge on any atom is 0.270 e. The summed E-state index contributed by atoms with van der Waals surface area (Å²) < 4.78 is 0. The number of hydrogen-bond donors (Lipinski definition) is 2. The third-order valence-electron chi connectivity index (χ3n) is 2.92. The summed E-state index contributed by atoms with van der Waals surface area (Å²) in [6.07, 6.45) is 0.916. The van der Waals surface area contributed by atoms with Crippen LogP contribution in [-0.2, 0) is 0 Å². The molecular weight excluding hydrogens is 218 g/mol. The Morgan fingerprint density at radius 2 is 2.24 bits per heavy atom. The van der Waals surface area contributed by atoms with Crippen molar-refractivity contribution in [3.8, 4) is 0 Å². The highest BCUT2D eigenvalue weighted by atomic mass is 16.2. The van der Waals surface area contributed by atoms with E-state index < -0.39 is 0 Å². The van der Waals surface area contributed by atoms with Crippen LogP contribution in [0.5, 0.6) is 0 Å². The molecule has 0 aliphatic carbocycles. The monoisotopic (exact) mass is 235 g/mol. The van der Waals surface area contributed by atoms with Gasteiger partial charge in [0, 0.05) is 25.7 Å². The van der Waals surface area contributed by atoms with E-state index in [1.165, 1.54) is 6.07 Å². The quantitative estimate of drug-likeness (QED) is 0.783. The molecule has 92 valence electrons. The minimum atomic E-state index is -0.237. The van der Waals surface area contributed by atoms with E-state index in [0.717, 1.165) is 26.1 Å². The van der Waals surface area contributed by atoms with Gasteiger partial charge in [-0.05, 0) is 12.5 Å². The van der Waals surface area contributed by atoms with Crippen LogP contribution in [0.15, 0.2) is 23.0 Å². The first kappa shape index (κ1) is 11.9. The summed E-state index contributed by atoms with van der Waals surface area (Å²) in [7, 11) is 0. The Hall–Kier alpha value is -1.62. The molecule has 1 aromatic rings. The first-order valence-electron chi connectivity index (χ1n) is 5.93. The van der Waals surface area contributed by atoms with Gasteiger partial charge in [-0.25, -0.2) is 0 Å². The van der Waals surface area contributed by atoms with Crippen molar-refractivity contribution in [1.29, 1.82) is 0 Å². The molecule has 0 saturated carbocycles. The van der Waals surface area contributed by atoms with Crippen LogP contribution in [0, 0.1) is 0 Å². The summed E-state index contributed by atoms with van der Waals surface area (Å²) in [5.41, 5.74) is 0.136. The number of carbonyl (C=O) groups is 1.